The molecule has 5 heterocycles. The Balaban J connectivity index is 0.903. The Kier molecular flexibility index (Phi) is 10.5. The number of amides is 2. The number of nitrogens with zero attached hydrogens (tertiary/aromatic N) is 4. The fourth-order valence-corrected chi connectivity index (χ4v) is 9.05. The van der Waals surface area contributed by atoms with Gasteiger partial charge in [-0.2, -0.15) is 0 Å². The number of rotatable bonds is 9. The predicted octanol–water partition coefficient (Wildman–Crippen LogP) is 7.01. The van der Waals surface area contributed by atoms with Gasteiger partial charge in [-0.05, 0) is 108 Å². The Labute approximate surface area is 325 Å². The summed E-state index contributed by atoms with van der Waals surface area (Å²) in [5.74, 6) is 0.186. The molecule has 55 heavy (non-hydrogen) atoms. The molecule has 8 rings (SSSR count). The average Bonchev–Trinajstić information content (AvgIpc) is 3.18. The van der Waals surface area contributed by atoms with E-state index in [4.69, 9.17) is 16.3 Å². The molecule has 2 saturated heterocycles. The van der Waals surface area contributed by atoms with Gasteiger partial charge in [0, 0.05) is 86.9 Å². The maximum atomic E-state index is 15.4. The fraction of sp³-hybridized carbons (Fsp3) is 0.364. The lowest BCUT2D eigenvalue weighted by Crippen LogP contribution is -2.41. The fourth-order valence-electron chi connectivity index (χ4n) is 8.78. The predicted molar refractivity (Wildman–Crippen MR) is 213 cm³/mol. The van der Waals surface area contributed by atoms with E-state index in [-0.39, 0.29) is 29.1 Å². The van der Waals surface area contributed by atoms with Crippen LogP contribution in [0, 0.1) is 17.7 Å². The molecule has 11 heteroatoms. The molecule has 2 fully saturated rings. The molecule has 1 atom stereocenters. The molecule has 0 bridgehead atoms. The van der Waals surface area contributed by atoms with Crippen LogP contribution in [0.4, 0.5) is 10.1 Å². The Hall–Kier alpha value is -5.06. The van der Waals surface area contributed by atoms with Crippen molar-refractivity contribution in [1.29, 1.82) is 0 Å². The standard InChI is InChI=1S/C44H45ClFN5O4/c1-49-25-36(34-10-14-47-23-35(34)44(49)54)32-21-38(45)37(41(22-32)55-2)26-50-15-13-33-29(4-3-5-31(33)24-50)18-27-11-16-51(17-12-27)40-8-6-28(20-39(40)46)19-30-7-9-42(52)48-43(30)53/h3-6,8,10,14,20-23,25,27,30H,7,9,11-13,15-19,24,26H2,1-2H3,(H,48,52,53). The number of aromatic nitrogens is 2. The third kappa shape index (κ3) is 7.62. The summed E-state index contributed by atoms with van der Waals surface area (Å²) < 4.78 is 22.8. The number of halogens is 2. The zero-order chi connectivity index (χ0) is 38.2. The molecule has 0 radical (unpaired) electrons. The van der Waals surface area contributed by atoms with Crippen LogP contribution in [0.3, 0.4) is 0 Å². The van der Waals surface area contributed by atoms with Crippen molar-refractivity contribution in [2.75, 3.05) is 31.6 Å². The number of aryl methyl sites for hydroxylation is 1. The summed E-state index contributed by atoms with van der Waals surface area (Å²) in [5, 5.41) is 4.40. The van der Waals surface area contributed by atoms with Gasteiger partial charge in [-0.1, -0.05) is 35.9 Å². The number of hydrogen-bond donors (Lipinski definition) is 1. The minimum Gasteiger partial charge on any atom is -0.496 e. The summed E-state index contributed by atoms with van der Waals surface area (Å²) in [6.07, 6.45) is 10.4. The number of piperidine rings is 2. The highest BCUT2D eigenvalue weighted by molar-refractivity contribution is 6.32. The Morgan fingerprint density at radius 2 is 1.80 bits per heavy atom. The molecule has 5 aromatic rings. The van der Waals surface area contributed by atoms with Crippen molar-refractivity contribution in [2.24, 2.45) is 18.9 Å². The molecule has 2 aromatic heterocycles. The summed E-state index contributed by atoms with van der Waals surface area (Å²) in [6.45, 7) is 3.97. The summed E-state index contributed by atoms with van der Waals surface area (Å²) in [7, 11) is 3.41. The number of pyridine rings is 2. The van der Waals surface area contributed by atoms with Gasteiger partial charge in [-0.3, -0.25) is 29.6 Å². The normalized spacial score (nSPS) is 18.0. The number of imide groups is 1. The molecule has 3 aliphatic rings. The first-order valence-electron chi connectivity index (χ1n) is 19.1. The third-order valence-corrected chi connectivity index (χ3v) is 12.1. The zero-order valence-corrected chi connectivity index (χ0v) is 32.0. The van der Waals surface area contributed by atoms with Crippen molar-refractivity contribution >= 4 is 39.9 Å². The number of methoxy groups -OCH3 is 1. The largest absolute Gasteiger partial charge is 0.496 e. The van der Waals surface area contributed by atoms with Gasteiger partial charge >= 0.3 is 0 Å². The van der Waals surface area contributed by atoms with E-state index in [0.717, 1.165) is 79.5 Å². The Morgan fingerprint density at radius 3 is 2.58 bits per heavy atom. The maximum absolute atomic E-state index is 15.4. The van der Waals surface area contributed by atoms with E-state index in [2.05, 4.69) is 38.3 Å². The number of benzene rings is 3. The second kappa shape index (κ2) is 15.6. The molecule has 2 amide bonds. The van der Waals surface area contributed by atoms with Gasteiger partial charge in [-0.25, -0.2) is 4.39 Å². The topological polar surface area (TPSA) is 96.8 Å². The number of carbonyl (C=O) groups is 2. The smallest absolute Gasteiger partial charge is 0.259 e. The third-order valence-electron chi connectivity index (χ3n) is 11.8. The van der Waals surface area contributed by atoms with Crippen molar-refractivity contribution < 1.29 is 18.7 Å². The van der Waals surface area contributed by atoms with E-state index in [1.165, 1.54) is 16.7 Å². The molecule has 3 aromatic carbocycles. The highest BCUT2D eigenvalue weighted by atomic mass is 35.5. The second-order valence-corrected chi connectivity index (χ2v) is 15.7. The highest BCUT2D eigenvalue weighted by Gasteiger charge is 2.28. The zero-order valence-electron chi connectivity index (χ0n) is 31.2. The summed E-state index contributed by atoms with van der Waals surface area (Å²) in [5.41, 5.74) is 8.22. The quantitative estimate of drug-likeness (QED) is 0.162. The lowest BCUT2D eigenvalue weighted by molar-refractivity contribution is -0.136. The van der Waals surface area contributed by atoms with Gasteiger partial charge in [0.1, 0.15) is 11.6 Å². The molecule has 0 saturated carbocycles. The van der Waals surface area contributed by atoms with Crippen molar-refractivity contribution in [3.8, 4) is 16.9 Å². The van der Waals surface area contributed by atoms with Gasteiger partial charge in [0.15, 0.2) is 0 Å². The lowest BCUT2D eigenvalue weighted by Gasteiger charge is -2.35. The van der Waals surface area contributed by atoms with E-state index >= 15 is 4.39 Å². The highest BCUT2D eigenvalue weighted by Crippen LogP contribution is 2.38. The molecule has 0 aliphatic carbocycles. The van der Waals surface area contributed by atoms with Crippen LogP contribution >= 0.6 is 11.6 Å². The van der Waals surface area contributed by atoms with Crippen molar-refractivity contribution in [3.05, 3.63) is 122 Å². The number of hydrogen-bond acceptors (Lipinski definition) is 7. The number of ether oxygens (including phenoxy) is 1. The van der Waals surface area contributed by atoms with Crippen LogP contribution in [-0.2, 0) is 49.0 Å². The van der Waals surface area contributed by atoms with E-state index in [0.29, 0.717) is 53.6 Å². The molecule has 284 valence electrons. The van der Waals surface area contributed by atoms with Gasteiger partial charge in [0.2, 0.25) is 11.8 Å². The van der Waals surface area contributed by atoms with Gasteiger partial charge in [0.25, 0.3) is 5.56 Å². The molecule has 3 aliphatic heterocycles. The number of nitrogens with one attached hydrogen (secondary N) is 1. The van der Waals surface area contributed by atoms with Crippen LogP contribution in [0.15, 0.2) is 78.0 Å². The van der Waals surface area contributed by atoms with Crippen LogP contribution in [0.25, 0.3) is 21.9 Å². The van der Waals surface area contributed by atoms with E-state index in [9.17, 15) is 14.4 Å². The number of fused-ring (bicyclic) bond motifs is 2. The number of anilines is 1. The first kappa shape index (κ1) is 36.9. The van der Waals surface area contributed by atoms with E-state index in [1.807, 2.05) is 36.5 Å². The molecule has 9 nitrogen and oxygen atoms in total. The van der Waals surface area contributed by atoms with Gasteiger partial charge < -0.3 is 14.2 Å². The van der Waals surface area contributed by atoms with Crippen LogP contribution in [0.2, 0.25) is 5.02 Å². The minimum atomic E-state index is -0.300. The van der Waals surface area contributed by atoms with Crippen molar-refractivity contribution in [2.45, 2.75) is 58.0 Å². The SMILES string of the molecule is COc1cc(-c2cn(C)c(=O)c3cnccc23)cc(Cl)c1CN1CCc2c(CC3CCN(c4ccc(CC5CCC(=O)NC5=O)cc4F)CC3)cccc2C1. The number of carbonyl (C=O) groups excluding carboxylic acids is 2. The lowest BCUT2D eigenvalue weighted by atomic mass is 9.85. The maximum Gasteiger partial charge on any atom is 0.259 e. The summed E-state index contributed by atoms with van der Waals surface area (Å²) in [6, 6.07) is 17.8. The van der Waals surface area contributed by atoms with Crippen LogP contribution in [0.5, 0.6) is 5.75 Å². The molecule has 1 N–H and O–H groups in total. The molecule has 0 spiro atoms. The molecular weight excluding hydrogens is 717 g/mol. The van der Waals surface area contributed by atoms with Gasteiger partial charge in [0.05, 0.1) is 18.2 Å². The Bertz CT molecular complexity index is 2350. The van der Waals surface area contributed by atoms with Crippen LogP contribution in [0.1, 0.15) is 53.5 Å². The second-order valence-electron chi connectivity index (χ2n) is 15.3. The van der Waals surface area contributed by atoms with E-state index in [1.54, 1.807) is 37.2 Å². The average molecular weight is 762 g/mol. The van der Waals surface area contributed by atoms with E-state index < -0.39 is 0 Å². The first-order chi connectivity index (χ1) is 26.6. The Morgan fingerprint density at radius 1 is 0.964 bits per heavy atom. The molecule has 1 unspecified atom stereocenters. The van der Waals surface area contributed by atoms with Crippen LogP contribution in [-0.4, -0.2) is 53.0 Å². The minimum absolute atomic E-state index is 0.0960. The summed E-state index contributed by atoms with van der Waals surface area (Å²) in [4.78, 5) is 45.2. The summed E-state index contributed by atoms with van der Waals surface area (Å²) >= 11 is 7.01. The van der Waals surface area contributed by atoms with Crippen molar-refractivity contribution in [1.82, 2.24) is 19.8 Å². The van der Waals surface area contributed by atoms with Gasteiger partial charge in [-0.15, -0.1) is 0 Å². The molecular formula is C44H45ClFN5O4. The monoisotopic (exact) mass is 761 g/mol. The first-order valence-corrected chi connectivity index (χ1v) is 19.5. The van der Waals surface area contributed by atoms with Crippen molar-refractivity contribution in [3.63, 3.8) is 0 Å². The van der Waals surface area contributed by atoms with Crippen LogP contribution < -0.4 is 20.5 Å².